The SMILES string of the molecule is NNC(=O)C(=O)NCl. The molecule has 0 saturated carbocycles. The lowest BCUT2D eigenvalue weighted by Crippen LogP contribution is -2.40. The van der Waals surface area contributed by atoms with Gasteiger partial charge in [0.2, 0.25) is 0 Å². The number of halogens is 1. The van der Waals surface area contributed by atoms with E-state index in [1.165, 1.54) is 0 Å². The van der Waals surface area contributed by atoms with Gasteiger partial charge >= 0.3 is 11.8 Å². The van der Waals surface area contributed by atoms with Crippen LogP contribution in [0.2, 0.25) is 0 Å². The number of hydrazine groups is 1. The highest BCUT2D eigenvalue weighted by molar-refractivity contribution is 6.42. The van der Waals surface area contributed by atoms with Crippen LogP contribution >= 0.6 is 11.8 Å². The molecule has 0 fully saturated rings. The largest absolute Gasteiger partial charge is 0.324 e. The molecular formula is C2H4ClN3O2. The Balaban J connectivity index is 3.64. The third-order valence-corrected chi connectivity index (χ3v) is 0.595. The normalized spacial score (nSPS) is 7.75. The van der Waals surface area contributed by atoms with Crippen LogP contribution in [-0.2, 0) is 9.59 Å². The van der Waals surface area contributed by atoms with Crippen molar-refractivity contribution in [2.45, 2.75) is 0 Å². The summed E-state index contributed by atoms with van der Waals surface area (Å²) in [6.45, 7) is 0. The fourth-order valence-electron chi connectivity index (χ4n) is 0.108. The molecule has 0 aliphatic rings. The van der Waals surface area contributed by atoms with Gasteiger partial charge in [0.1, 0.15) is 0 Å². The number of carbonyl (C=O) groups is 2. The van der Waals surface area contributed by atoms with Gasteiger partial charge in [0.05, 0.1) is 0 Å². The first-order valence-electron chi connectivity index (χ1n) is 1.64. The standard InChI is InChI=1S/C2H4ClN3O2/c3-5-1(7)2(8)6-4/h4H2,(H,5,7)(H,6,8). The van der Waals surface area contributed by atoms with Crippen molar-refractivity contribution in [2.75, 3.05) is 0 Å². The molecule has 2 amide bonds. The van der Waals surface area contributed by atoms with Gasteiger partial charge in [0.15, 0.2) is 0 Å². The molecule has 0 bridgehead atoms. The zero-order chi connectivity index (χ0) is 6.57. The molecule has 0 rings (SSSR count). The Kier molecular flexibility index (Phi) is 2.90. The summed E-state index contributed by atoms with van der Waals surface area (Å²) in [6, 6.07) is 0. The van der Waals surface area contributed by atoms with Crippen molar-refractivity contribution in [3.8, 4) is 0 Å². The number of nitrogens with two attached hydrogens (primary N) is 1. The van der Waals surface area contributed by atoms with Crippen LogP contribution in [0.15, 0.2) is 0 Å². The average molecular weight is 138 g/mol. The molecule has 5 nitrogen and oxygen atoms in total. The monoisotopic (exact) mass is 137 g/mol. The van der Waals surface area contributed by atoms with Crippen LogP contribution in [0.4, 0.5) is 0 Å². The summed E-state index contributed by atoms with van der Waals surface area (Å²) in [5.41, 5.74) is 1.58. The van der Waals surface area contributed by atoms with E-state index in [0.717, 1.165) is 0 Å². The number of carbonyl (C=O) groups excluding carboxylic acids is 2. The minimum absolute atomic E-state index is 0.972. The predicted octanol–water partition coefficient (Wildman–Crippen LogP) is -1.75. The van der Waals surface area contributed by atoms with Gasteiger partial charge in [-0.2, -0.15) is 0 Å². The second-order valence-electron chi connectivity index (χ2n) is 0.897. The number of hydrogen-bond donors (Lipinski definition) is 3. The number of nitrogens with one attached hydrogen (secondary N) is 2. The lowest BCUT2D eigenvalue weighted by molar-refractivity contribution is -0.138. The third kappa shape index (κ3) is 1.76. The van der Waals surface area contributed by atoms with Crippen LogP contribution in [0.1, 0.15) is 0 Å². The summed E-state index contributed by atoms with van der Waals surface area (Å²) in [4.78, 5) is 21.6. The van der Waals surface area contributed by atoms with E-state index in [1.54, 1.807) is 10.3 Å². The summed E-state index contributed by atoms with van der Waals surface area (Å²) in [5, 5.41) is 0. The van der Waals surface area contributed by atoms with Crippen LogP contribution in [-0.4, -0.2) is 11.8 Å². The van der Waals surface area contributed by atoms with E-state index >= 15 is 0 Å². The molecule has 8 heavy (non-hydrogen) atoms. The van der Waals surface area contributed by atoms with E-state index in [9.17, 15) is 9.59 Å². The van der Waals surface area contributed by atoms with Gasteiger partial charge < -0.3 is 0 Å². The molecule has 0 saturated heterocycles. The first-order valence-corrected chi connectivity index (χ1v) is 2.01. The number of hydrogen-bond acceptors (Lipinski definition) is 3. The molecule has 6 heteroatoms. The average Bonchev–Trinajstić information content (AvgIpc) is 1.84. The van der Waals surface area contributed by atoms with E-state index < -0.39 is 11.8 Å². The highest BCUT2D eigenvalue weighted by atomic mass is 35.5. The van der Waals surface area contributed by atoms with Crippen LogP contribution in [0.25, 0.3) is 0 Å². The van der Waals surface area contributed by atoms with Crippen molar-refractivity contribution < 1.29 is 9.59 Å². The van der Waals surface area contributed by atoms with Crippen LogP contribution in [0, 0.1) is 0 Å². The van der Waals surface area contributed by atoms with Crippen molar-refractivity contribution in [1.29, 1.82) is 0 Å². The Morgan fingerprint density at radius 3 is 2.00 bits per heavy atom. The first-order chi connectivity index (χ1) is 3.72. The van der Waals surface area contributed by atoms with Gasteiger partial charge in [-0.05, 0) is 0 Å². The van der Waals surface area contributed by atoms with Gasteiger partial charge in [-0.25, -0.2) is 5.84 Å². The Morgan fingerprint density at radius 2 is 1.88 bits per heavy atom. The Hall–Kier alpha value is -0.810. The first kappa shape index (κ1) is 7.19. The molecule has 0 spiro atoms. The van der Waals surface area contributed by atoms with Crippen molar-refractivity contribution in [1.82, 2.24) is 10.3 Å². The van der Waals surface area contributed by atoms with Gasteiger partial charge in [0.25, 0.3) is 0 Å². The molecule has 46 valence electrons. The van der Waals surface area contributed by atoms with E-state index in [0.29, 0.717) is 0 Å². The Bertz CT molecular complexity index is 99.9. The molecule has 0 atom stereocenters. The van der Waals surface area contributed by atoms with Gasteiger partial charge in [-0.1, -0.05) is 0 Å². The minimum atomic E-state index is -0.978. The van der Waals surface area contributed by atoms with Gasteiger partial charge in [0, 0.05) is 11.8 Å². The zero-order valence-electron chi connectivity index (χ0n) is 3.77. The topological polar surface area (TPSA) is 84.2 Å². The van der Waals surface area contributed by atoms with Crippen molar-refractivity contribution in [2.24, 2.45) is 5.84 Å². The molecule has 0 aromatic heterocycles. The van der Waals surface area contributed by atoms with Crippen molar-refractivity contribution >= 4 is 23.6 Å². The molecular weight excluding hydrogens is 133 g/mol. The number of rotatable bonds is 0. The van der Waals surface area contributed by atoms with Crippen LogP contribution in [0.5, 0.6) is 0 Å². The minimum Gasteiger partial charge on any atom is -0.286 e. The number of amides is 2. The Labute approximate surface area is 50.3 Å². The van der Waals surface area contributed by atoms with Crippen molar-refractivity contribution in [3.63, 3.8) is 0 Å². The molecule has 0 aromatic rings. The maximum atomic E-state index is 10.0. The lowest BCUT2D eigenvalue weighted by Gasteiger charge is -1.91. The van der Waals surface area contributed by atoms with Gasteiger partial charge in [-0.3, -0.25) is 19.9 Å². The van der Waals surface area contributed by atoms with Crippen LogP contribution in [0.3, 0.4) is 0 Å². The van der Waals surface area contributed by atoms with E-state index in [-0.39, 0.29) is 0 Å². The maximum absolute atomic E-state index is 10.0. The Morgan fingerprint density at radius 1 is 1.38 bits per heavy atom. The second kappa shape index (κ2) is 3.23. The van der Waals surface area contributed by atoms with Gasteiger partial charge in [-0.15, -0.1) is 0 Å². The predicted molar refractivity (Wildman–Crippen MR) is 26.3 cm³/mol. The van der Waals surface area contributed by atoms with Crippen LogP contribution < -0.4 is 16.1 Å². The molecule has 0 heterocycles. The second-order valence-corrected chi connectivity index (χ2v) is 1.09. The van der Waals surface area contributed by atoms with E-state index in [2.05, 4.69) is 5.84 Å². The summed E-state index contributed by atoms with van der Waals surface area (Å²) < 4.78 is 0. The zero-order valence-corrected chi connectivity index (χ0v) is 4.53. The van der Waals surface area contributed by atoms with Crippen molar-refractivity contribution in [3.05, 3.63) is 0 Å². The summed E-state index contributed by atoms with van der Waals surface area (Å²) in [6.07, 6.45) is 0. The van der Waals surface area contributed by atoms with E-state index in [4.69, 9.17) is 11.8 Å². The molecule has 4 N–H and O–H groups in total. The highest BCUT2D eigenvalue weighted by Crippen LogP contribution is 1.65. The third-order valence-electron chi connectivity index (χ3n) is 0.423. The summed E-state index contributed by atoms with van der Waals surface area (Å²) >= 11 is 4.71. The molecule has 0 radical (unpaired) electrons. The highest BCUT2D eigenvalue weighted by Gasteiger charge is 2.07. The van der Waals surface area contributed by atoms with E-state index in [1.807, 2.05) is 0 Å². The fraction of sp³-hybridized carbons (Fsp3) is 0. The molecule has 0 aromatic carbocycles. The smallest absolute Gasteiger partial charge is 0.286 e. The quantitative estimate of drug-likeness (QED) is 0.122. The fourth-order valence-corrected chi connectivity index (χ4v) is 0.194. The summed E-state index contributed by atoms with van der Waals surface area (Å²) in [5.74, 6) is 2.58. The maximum Gasteiger partial charge on any atom is 0.324 e. The lowest BCUT2D eigenvalue weighted by atomic mass is 10.6. The molecule has 0 unspecified atom stereocenters. The molecule has 0 aliphatic carbocycles. The summed E-state index contributed by atoms with van der Waals surface area (Å²) in [7, 11) is 0. The molecule has 0 aliphatic heterocycles.